The molecule has 1 aliphatic heterocycles. The Morgan fingerprint density at radius 3 is 2.15 bits per heavy atom. The molecule has 0 aromatic rings. The Balaban J connectivity index is 1.81. The molecule has 0 spiro atoms. The van der Waals surface area contributed by atoms with Gasteiger partial charge in [-0.05, 0) is 25.2 Å². The Morgan fingerprint density at radius 1 is 0.950 bits per heavy atom. The molecular formula is C15H23N3O2. The number of hydrogen-bond donors (Lipinski definition) is 0. The van der Waals surface area contributed by atoms with Crippen molar-refractivity contribution < 1.29 is 9.59 Å². The van der Waals surface area contributed by atoms with Crippen molar-refractivity contribution in [2.75, 3.05) is 26.2 Å². The third-order valence-electron chi connectivity index (χ3n) is 4.37. The minimum absolute atomic E-state index is 0.0595. The van der Waals surface area contributed by atoms with Gasteiger partial charge < -0.3 is 9.80 Å². The quantitative estimate of drug-likeness (QED) is 0.786. The largest absolute Gasteiger partial charge is 0.341 e. The zero-order chi connectivity index (χ0) is 14.4. The number of rotatable bonds is 3. The minimum atomic E-state index is -0.113. The molecule has 1 saturated carbocycles. The van der Waals surface area contributed by atoms with Gasteiger partial charge in [0.05, 0.1) is 6.07 Å². The second kappa shape index (κ2) is 7.28. The number of carbonyl (C=O) groups excluding carboxylic acids is 2. The van der Waals surface area contributed by atoms with E-state index in [0.29, 0.717) is 32.0 Å². The van der Waals surface area contributed by atoms with Crippen LogP contribution in [-0.2, 0) is 9.59 Å². The first-order valence-corrected chi connectivity index (χ1v) is 7.63. The molecule has 1 heterocycles. The molecule has 2 amide bonds. The van der Waals surface area contributed by atoms with Crippen LogP contribution in [0.5, 0.6) is 0 Å². The molecule has 5 nitrogen and oxygen atoms in total. The fraction of sp³-hybridized carbons (Fsp3) is 0.800. The van der Waals surface area contributed by atoms with Crippen molar-refractivity contribution in [1.29, 1.82) is 5.26 Å². The van der Waals surface area contributed by atoms with Crippen LogP contribution in [0.3, 0.4) is 0 Å². The lowest BCUT2D eigenvalue weighted by Gasteiger charge is -2.23. The molecule has 0 radical (unpaired) electrons. The number of hydrogen-bond acceptors (Lipinski definition) is 3. The normalized spacial score (nSPS) is 20.6. The van der Waals surface area contributed by atoms with Crippen LogP contribution in [0.1, 0.15) is 44.9 Å². The van der Waals surface area contributed by atoms with E-state index in [0.717, 1.165) is 13.0 Å². The topological polar surface area (TPSA) is 64.4 Å². The molecule has 1 saturated heterocycles. The highest BCUT2D eigenvalue weighted by Gasteiger charge is 2.25. The van der Waals surface area contributed by atoms with Gasteiger partial charge in [0.2, 0.25) is 11.8 Å². The summed E-state index contributed by atoms with van der Waals surface area (Å²) in [7, 11) is 0. The van der Waals surface area contributed by atoms with E-state index in [9.17, 15) is 9.59 Å². The SMILES string of the molecule is N#CCC(=O)N1CCCN(C(=O)CC2CCCC2)CC1. The van der Waals surface area contributed by atoms with Gasteiger partial charge in [-0.15, -0.1) is 0 Å². The maximum Gasteiger partial charge on any atom is 0.236 e. The zero-order valence-corrected chi connectivity index (χ0v) is 12.0. The molecule has 0 unspecified atom stereocenters. The highest BCUT2D eigenvalue weighted by Crippen LogP contribution is 2.28. The molecule has 2 fully saturated rings. The second-order valence-corrected chi connectivity index (χ2v) is 5.80. The first kappa shape index (κ1) is 14.8. The van der Waals surface area contributed by atoms with Gasteiger partial charge in [-0.3, -0.25) is 9.59 Å². The zero-order valence-electron chi connectivity index (χ0n) is 12.0. The number of nitrogens with zero attached hydrogens (tertiary/aromatic N) is 3. The van der Waals surface area contributed by atoms with Gasteiger partial charge in [0.25, 0.3) is 0 Å². The molecule has 0 N–H and O–H groups in total. The Hall–Kier alpha value is -1.57. The summed E-state index contributed by atoms with van der Waals surface area (Å²) >= 11 is 0. The fourth-order valence-corrected chi connectivity index (χ4v) is 3.19. The maximum absolute atomic E-state index is 12.3. The fourth-order valence-electron chi connectivity index (χ4n) is 3.19. The monoisotopic (exact) mass is 277 g/mol. The third-order valence-corrected chi connectivity index (χ3v) is 4.37. The van der Waals surface area contributed by atoms with E-state index in [-0.39, 0.29) is 18.2 Å². The summed E-state index contributed by atoms with van der Waals surface area (Å²) < 4.78 is 0. The minimum Gasteiger partial charge on any atom is -0.341 e. The predicted octanol–water partition coefficient (Wildman–Crippen LogP) is 1.54. The van der Waals surface area contributed by atoms with Crippen LogP contribution in [0, 0.1) is 17.2 Å². The molecule has 2 aliphatic rings. The molecule has 0 bridgehead atoms. The van der Waals surface area contributed by atoms with Gasteiger partial charge in [0.15, 0.2) is 0 Å². The van der Waals surface area contributed by atoms with Crippen molar-refractivity contribution in [3.05, 3.63) is 0 Å². The summed E-state index contributed by atoms with van der Waals surface area (Å²) in [5.74, 6) is 0.700. The average Bonchev–Trinajstić information content (AvgIpc) is 2.80. The van der Waals surface area contributed by atoms with Gasteiger partial charge in [0.1, 0.15) is 6.42 Å². The van der Waals surface area contributed by atoms with Gasteiger partial charge in [-0.1, -0.05) is 12.8 Å². The molecule has 2 rings (SSSR count). The molecule has 110 valence electrons. The lowest BCUT2D eigenvalue weighted by Crippen LogP contribution is -2.37. The summed E-state index contributed by atoms with van der Waals surface area (Å²) in [4.78, 5) is 27.6. The van der Waals surface area contributed by atoms with Crippen molar-refractivity contribution >= 4 is 11.8 Å². The van der Waals surface area contributed by atoms with E-state index in [1.807, 2.05) is 11.0 Å². The summed E-state index contributed by atoms with van der Waals surface area (Å²) in [6, 6.07) is 1.90. The van der Waals surface area contributed by atoms with Gasteiger partial charge in [-0.25, -0.2) is 0 Å². The second-order valence-electron chi connectivity index (χ2n) is 5.80. The van der Waals surface area contributed by atoms with Crippen LogP contribution in [-0.4, -0.2) is 47.8 Å². The summed E-state index contributed by atoms with van der Waals surface area (Å²) in [5.41, 5.74) is 0. The Labute approximate surface area is 120 Å². The van der Waals surface area contributed by atoms with Crippen molar-refractivity contribution in [2.24, 2.45) is 5.92 Å². The number of nitriles is 1. The predicted molar refractivity (Wildman–Crippen MR) is 74.6 cm³/mol. The Morgan fingerprint density at radius 2 is 1.55 bits per heavy atom. The van der Waals surface area contributed by atoms with E-state index in [2.05, 4.69) is 0 Å². The van der Waals surface area contributed by atoms with Crippen LogP contribution < -0.4 is 0 Å². The molecule has 5 heteroatoms. The van der Waals surface area contributed by atoms with E-state index in [1.165, 1.54) is 25.7 Å². The lowest BCUT2D eigenvalue weighted by molar-refractivity contribution is -0.133. The summed E-state index contributed by atoms with van der Waals surface area (Å²) in [5, 5.41) is 8.58. The molecule has 1 aliphatic carbocycles. The third kappa shape index (κ3) is 3.96. The van der Waals surface area contributed by atoms with Gasteiger partial charge in [0, 0.05) is 32.6 Å². The van der Waals surface area contributed by atoms with Crippen LogP contribution in [0.2, 0.25) is 0 Å². The number of carbonyl (C=O) groups is 2. The highest BCUT2D eigenvalue weighted by molar-refractivity contribution is 5.79. The van der Waals surface area contributed by atoms with Crippen LogP contribution in [0.4, 0.5) is 0 Å². The maximum atomic E-state index is 12.3. The van der Waals surface area contributed by atoms with Gasteiger partial charge in [-0.2, -0.15) is 5.26 Å². The molecule has 0 atom stereocenters. The highest BCUT2D eigenvalue weighted by atomic mass is 16.2. The van der Waals surface area contributed by atoms with Crippen molar-refractivity contribution in [3.63, 3.8) is 0 Å². The Bertz CT molecular complexity index is 396. The molecular weight excluding hydrogens is 254 g/mol. The number of amides is 2. The smallest absolute Gasteiger partial charge is 0.236 e. The van der Waals surface area contributed by atoms with Crippen LogP contribution in [0.15, 0.2) is 0 Å². The first-order chi connectivity index (χ1) is 9.70. The summed E-state index contributed by atoms with van der Waals surface area (Å²) in [6.07, 6.45) is 6.32. The van der Waals surface area contributed by atoms with Gasteiger partial charge >= 0.3 is 0 Å². The van der Waals surface area contributed by atoms with Crippen LogP contribution in [0.25, 0.3) is 0 Å². The first-order valence-electron chi connectivity index (χ1n) is 7.63. The molecule has 0 aromatic carbocycles. The standard InChI is InChI=1S/C15H23N3O2/c16-7-6-14(19)17-8-3-9-18(11-10-17)15(20)12-13-4-1-2-5-13/h13H,1-6,8-12H2. The van der Waals surface area contributed by atoms with E-state index < -0.39 is 0 Å². The lowest BCUT2D eigenvalue weighted by atomic mass is 10.0. The van der Waals surface area contributed by atoms with Crippen molar-refractivity contribution in [3.8, 4) is 6.07 Å². The Kier molecular flexibility index (Phi) is 5.40. The van der Waals surface area contributed by atoms with Crippen molar-refractivity contribution in [2.45, 2.75) is 44.9 Å². The van der Waals surface area contributed by atoms with E-state index in [4.69, 9.17) is 5.26 Å². The molecule has 0 aromatic heterocycles. The van der Waals surface area contributed by atoms with Crippen molar-refractivity contribution in [1.82, 2.24) is 9.80 Å². The van der Waals surface area contributed by atoms with Crippen LogP contribution >= 0.6 is 0 Å². The average molecular weight is 277 g/mol. The van der Waals surface area contributed by atoms with E-state index >= 15 is 0 Å². The summed E-state index contributed by atoms with van der Waals surface area (Å²) in [6.45, 7) is 2.58. The van der Waals surface area contributed by atoms with E-state index in [1.54, 1.807) is 4.90 Å². The molecule has 20 heavy (non-hydrogen) atoms.